The molecular weight excluding hydrogens is 380 g/mol. The Morgan fingerprint density at radius 1 is 1.07 bits per heavy atom. The molecule has 3 rings (SSSR count). The third-order valence-electron chi connectivity index (χ3n) is 3.47. The Labute approximate surface area is 164 Å². The Morgan fingerprint density at radius 2 is 1.81 bits per heavy atom. The zero-order valence-corrected chi connectivity index (χ0v) is 15.7. The molecule has 7 heteroatoms. The van der Waals surface area contributed by atoms with Gasteiger partial charge < -0.3 is 10.1 Å². The molecule has 0 spiro atoms. The summed E-state index contributed by atoms with van der Waals surface area (Å²) in [5, 5.41) is 15.2. The summed E-state index contributed by atoms with van der Waals surface area (Å²) in [6, 6.07) is 15.9. The van der Waals surface area contributed by atoms with Gasteiger partial charge >= 0.3 is 5.97 Å². The highest BCUT2D eigenvalue weighted by atomic mass is 32.1. The van der Waals surface area contributed by atoms with Gasteiger partial charge in [0.1, 0.15) is 0 Å². The van der Waals surface area contributed by atoms with Crippen molar-refractivity contribution in [3.05, 3.63) is 74.6 Å². The first-order valence-corrected chi connectivity index (χ1v) is 9.68. The van der Waals surface area contributed by atoms with E-state index >= 15 is 0 Å². The van der Waals surface area contributed by atoms with Crippen molar-refractivity contribution in [2.24, 2.45) is 0 Å². The Balaban J connectivity index is 1.63. The first-order chi connectivity index (χ1) is 13.2. The predicted octanol–water partition coefficient (Wildman–Crippen LogP) is 4.40. The molecule has 0 bridgehead atoms. The Kier molecular flexibility index (Phi) is 6.15. The molecule has 134 valence electrons. The number of nitrogens with zero attached hydrogens (tertiary/aromatic N) is 1. The van der Waals surface area contributed by atoms with E-state index in [1.807, 2.05) is 41.1 Å². The lowest BCUT2D eigenvalue weighted by Gasteiger charge is -2.08. The molecule has 0 radical (unpaired) electrons. The highest BCUT2D eigenvalue weighted by Crippen LogP contribution is 2.25. The van der Waals surface area contributed by atoms with Crippen molar-refractivity contribution in [3.8, 4) is 6.07 Å². The van der Waals surface area contributed by atoms with Gasteiger partial charge in [-0.25, -0.2) is 4.79 Å². The fourth-order valence-corrected chi connectivity index (χ4v) is 3.60. The van der Waals surface area contributed by atoms with Crippen molar-refractivity contribution in [3.63, 3.8) is 0 Å². The zero-order valence-electron chi connectivity index (χ0n) is 14.0. The highest BCUT2D eigenvalue weighted by Gasteiger charge is 2.17. The van der Waals surface area contributed by atoms with Gasteiger partial charge in [-0.1, -0.05) is 12.1 Å². The summed E-state index contributed by atoms with van der Waals surface area (Å²) >= 11 is 2.94. The molecule has 1 N–H and O–H groups in total. The van der Waals surface area contributed by atoms with Crippen molar-refractivity contribution >= 4 is 51.9 Å². The third-order valence-corrected chi connectivity index (χ3v) is 5.19. The standard InChI is InChI=1S/C20H14N2O3S2/c21-12-14-5-7-15(8-6-14)22-19(23)13-25-20(24)17(18-4-2-10-27-18)11-16-3-1-9-26-16/h1-11H,13H2,(H,22,23)/b17-11+. The molecule has 0 saturated carbocycles. The summed E-state index contributed by atoms with van der Waals surface area (Å²) in [6.45, 7) is -0.397. The van der Waals surface area contributed by atoms with Crippen molar-refractivity contribution in [1.82, 2.24) is 0 Å². The van der Waals surface area contributed by atoms with Crippen LogP contribution in [-0.2, 0) is 14.3 Å². The average molecular weight is 394 g/mol. The molecular formula is C20H14N2O3S2. The van der Waals surface area contributed by atoms with Crippen molar-refractivity contribution < 1.29 is 14.3 Å². The minimum Gasteiger partial charge on any atom is -0.452 e. The number of anilines is 1. The highest BCUT2D eigenvalue weighted by molar-refractivity contribution is 7.12. The molecule has 5 nitrogen and oxygen atoms in total. The number of esters is 1. The van der Waals surface area contributed by atoms with Crippen LogP contribution in [0.15, 0.2) is 59.3 Å². The predicted molar refractivity (Wildman–Crippen MR) is 107 cm³/mol. The minimum atomic E-state index is -0.555. The van der Waals surface area contributed by atoms with E-state index in [1.165, 1.54) is 22.7 Å². The van der Waals surface area contributed by atoms with Gasteiger partial charge in [0.05, 0.1) is 17.2 Å². The number of carbonyl (C=O) groups is 2. The number of carbonyl (C=O) groups excluding carboxylic acids is 2. The molecule has 2 heterocycles. The maximum Gasteiger partial charge on any atom is 0.340 e. The summed E-state index contributed by atoms with van der Waals surface area (Å²) in [4.78, 5) is 26.2. The second kappa shape index (κ2) is 8.94. The zero-order chi connectivity index (χ0) is 19.1. The number of hydrogen-bond acceptors (Lipinski definition) is 6. The first-order valence-electron chi connectivity index (χ1n) is 7.92. The molecule has 0 aliphatic carbocycles. The van der Waals surface area contributed by atoms with Crippen LogP contribution in [0.3, 0.4) is 0 Å². The number of ether oxygens (including phenoxy) is 1. The number of nitrogens with one attached hydrogen (secondary N) is 1. The van der Waals surface area contributed by atoms with Crippen LogP contribution in [-0.4, -0.2) is 18.5 Å². The maximum atomic E-state index is 12.5. The van der Waals surface area contributed by atoms with Gasteiger partial charge in [0, 0.05) is 15.4 Å². The van der Waals surface area contributed by atoms with Gasteiger partial charge in [0.25, 0.3) is 5.91 Å². The average Bonchev–Trinajstić information content (AvgIpc) is 3.38. The van der Waals surface area contributed by atoms with Crippen molar-refractivity contribution in [2.75, 3.05) is 11.9 Å². The number of hydrogen-bond donors (Lipinski definition) is 1. The van der Waals surface area contributed by atoms with Gasteiger partial charge in [-0.15, -0.1) is 22.7 Å². The molecule has 0 saturated heterocycles. The molecule has 0 fully saturated rings. The topological polar surface area (TPSA) is 79.2 Å². The van der Waals surface area contributed by atoms with Gasteiger partial charge in [0.15, 0.2) is 6.61 Å². The van der Waals surface area contributed by atoms with Gasteiger partial charge in [-0.3, -0.25) is 4.79 Å². The fourth-order valence-electron chi connectivity index (χ4n) is 2.21. The Bertz CT molecular complexity index is 983. The monoisotopic (exact) mass is 394 g/mol. The van der Waals surface area contributed by atoms with Crippen molar-refractivity contribution in [1.29, 1.82) is 5.26 Å². The number of nitriles is 1. The number of amides is 1. The van der Waals surface area contributed by atoms with E-state index in [9.17, 15) is 9.59 Å². The number of benzene rings is 1. The van der Waals surface area contributed by atoms with Crippen LogP contribution >= 0.6 is 22.7 Å². The minimum absolute atomic E-state index is 0.397. The summed E-state index contributed by atoms with van der Waals surface area (Å²) in [6.07, 6.45) is 1.76. The van der Waals surface area contributed by atoms with E-state index in [4.69, 9.17) is 10.00 Å². The third kappa shape index (κ3) is 5.14. The van der Waals surface area contributed by atoms with Gasteiger partial charge in [-0.2, -0.15) is 5.26 Å². The van der Waals surface area contributed by atoms with E-state index in [1.54, 1.807) is 30.3 Å². The van der Waals surface area contributed by atoms with Crippen LogP contribution in [0.1, 0.15) is 15.3 Å². The molecule has 0 unspecified atom stereocenters. The van der Waals surface area contributed by atoms with E-state index in [2.05, 4.69) is 5.32 Å². The smallest absolute Gasteiger partial charge is 0.340 e. The Hall–Kier alpha value is -3.21. The lowest BCUT2D eigenvalue weighted by Crippen LogP contribution is -2.21. The van der Waals surface area contributed by atoms with Gasteiger partial charge in [0.2, 0.25) is 0 Å². The van der Waals surface area contributed by atoms with E-state index in [-0.39, 0.29) is 0 Å². The van der Waals surface area contributed by atoms with E-state index < -0.39 is 18.5 Å². The number of rotatable bonds is 6. The molecule has 0 aliphatic rings. The van der Waals surface area contributed by atoms with E-state index in [0.29, 0.717) is 16.8 Å². The van der Waals surface area contributed by atoms with E-state index in [0.717, 1.165) is 9.75 Å². The second-order valence-electron chi connectivity index (χ2n) is 5.36. The van der Waals surface area contributed by atoms with Crippen LogP contribution in [0.4, 0.5) is 5.69 Å². The summed E-state index contributed by atoms with van der Waals surface area (Å²) in [7, 11) is 0. The second-order valence-corrected chi connectivity index (χ2v) is 7.29. The normalized spacial score (nSPS) is 10.9. The van der Waals surface area contributed by atoms with Crippen LogP contribution in [0.5, 0.6) is 0 Å². The molecule has 0 atom stereocenters. The molecule has 2 aromatic heterocycles. The molecule has 1 aromatic carbocycles. The lowest BCUT2D eigenvalue weighted by atomic mass is 10.2. The fraction of sp³-hybridized carbons (Fsp3) is 0.0500. The lowest BCUT2D eigenvalue weighted by molar-refractivity contribution is -0.141. The summed E-state index contributed by atoms with van der Waals surface area (Å²) in [5.74, 6) is -1.00. The molecule has 0 aliphatic heterocycles. The largest absolute Gasteiger partial charge is 0.452 e. The van der Waals surface area contributed by atoms with Crippen molar-refractivity contribution in [2.45, 2.75) is 0 Å². The van der Waals surface area contributed by atoms with Gasteiger partial charge in [-0.05, 0) is 53.2 Å². The number of thiophene rings is 2. The van der Waals surface area contributed by atoms with Crippen LogP contribution < -0.4 is 5.32 Å². The van der Waals surface area contributed by atoms with Crippen LogP contribution in [0, 0.1) is 11.3 Å². The summed E-state index contributed by atoms with van der Waals surface area (Å²) < 4.78 is 5.20. The molecule has 1 amide bonds. The molecule has 3 aromatic rings. The van der Waals surface area contributed by atoms with Crippen LogP contribution in [0.25, 0.3) is 11.6 Å². The SMILES string of the molecule is N#Cc1ccc(NC(=O)COC(=O)/C(=C/c2cccs2)c2cccs2)cc1. The Morgan fingerprint density at radius 3 is 2.44 bits per heavy atom. The maximum absolute atomic E-state index is 12.5. The first kappa shape index (κ1) is 18.6. The summed E-state index contributed by atoms with van der Waals surface area (Å²) in [5.41, 5.74) is 1.44. The quantitative estimate of drug-likeness (QED) is 0.496. The molecule has 27 heavy (non-hydrogen) atoms. The van der Waals surface area contributed by atoms with Crippen LogP contribution in [0.2, 0.25) is 0 Å².